The number of hydrogen-bond donors (Lipinski definition) is 1. The molecule has 1 aliphatic heterocycles. The third kappa shape index (κ3) is 5.18. The minimum absolute atomic E-state index is 0. The molecule has 0 atom stereocenters. The Balaban J connectivity index is 0.000000319. The number of nitrogens with one attached hydrogen (secondary N) is 1. The second-order valence-corrected chi connectivity index (χ2v) is 8.52. The van der Waals surface area contributed by atoms with Crippen molar-refractivity contribution in [2.75, 3.05) is 25.0 Å². The summed E-state index contributed by atoms with van der Waals surface area (Å²) in [5.74, 6) is 0.253. The minimum Gasteiger partial charge on any atom is -0.320 e. The quantitative estimate of drug-likeness (QED) is 0.599. The number of carbonyl (C=O) groups is 1. The van der Waals surface area contributed by atoms with Crippen LogP contribution >= 0.6 is 0 Å². The molecule has 2 aliphatic rings. The van der Waals surface area contributed by atoms with Crippen LogP contribution in [0, 0.1) is 20.8 Å². The molecular formula is C25H35N2OY+. The summed E-state index contributed by atoms with van der Waals surface area (Å²) in [6, 6.07) is 16.5. The van der Waals surface area contributed by atoms with Gasteiger partial charge in [0.2, 0.25) is 0 Å². The molecule has 1 N–H and O–H groups in total. The summed E-state index contributed by atoms with van der Waals surface area (Å²) in [4.78, 5) is 13.0. The molecule has 1 saturated heterocycles. The smallest absolute Gasteiger partial charge is 0.285 e. The van der Waals surface area contributed by atoms with Crippen LogP contribution in [0.2, 0.25) is 0 Å². The van der Waals surface area contributed by atoms with Gasteiger partial charge in [-0.15, -0.1) is 0 Å². The van der Waals surface area contributed by atoms with Gasteiger partial charge in [-0.1, -0.05) is 54.1 Å². The molecular weight excluding hydrogens is 433 g/mol. The Morgan fingerprint density at radius 1 is 0.931 bits per heavy atom. The van der Waals surface area contributed by atoms with Gasteiger partial charge in [-0.05, 0) is 38.8 Å². The monoisotopic (exact) mass is 468 g/mol. The Hall–Kier alpha value is -1.03. The van der Waals surface area contributed by atoms with Crippen LogP contribution in [0.3, 0.4) is 0 Å². The van der Waals surface area contributed by atoms with Gasteiger partial charge in [0.05, 0.1) is 19.6 Å². The molecule has 1 heterocycles. The number of nitrogens with zero attached hydrogens (tertiary/aromatic N) is 1. The molecule has 1 radical (unpaired) electrons. The van der Waals surface area contributed by atoms with E-state index in [4.69, 9.17) is 0 Å². The Kier molecular flexibility index (Phi) is 8.64. The predicted molar refractivity (Wildman–Crippen MR) is 117 cm³/mol. The number of aryl methyl sites for hydroxylation is 3. The van der Waals surface area contributed by atoms with Crippen molar-refractivity contribution in [1.29, 1.82) is 0 Å². The second kappa shape index (κ2) is 10.3. The van der Waals surface area contributed by atoms with E-state index >= 15 is 0 Å². The van der Waals surface area contributed by atoms with Gasteiger partial charge in [-0.3, -0.25) is 4.79 Å². The Labute approximate surface area is 201 Å². The summed E-state index contributed by atoms with van der Waals surface area (Å²) in [6.45, 7) is 11.9. The number of likely N-dealkylation sites (tertiary alicyclic amines) is 1. The number of likely N-dealkylation sites (N-methyl/N-ethyl adjacent to an activating group) is 1. The van der Waals surface area contributed by atoms with Crippen LogP contribution in [0.25, 0.3) is 0 Å². The number of anilines is 1. The molecule has 2 aromatic rings. The average Bonchev–Trinajstić information content (AvgIpc) is 3.37. The number of benzene rings is 2. The van der Waals surface area contributed by atoms with Gasteiger partial charge in [0.1, 0.15) is 0 Å². The molecule has 0 bridgehead atoms. The van der Waals surface area contributed by atoms with E-state index in [9.17, 15) is 4.79 Å². The first kappa shape index (κ1) is 24.2. The largest absolute Gasteiger partial charge is 0.320 e. The molecule has 0 spiro atoms. The Bertz CT molecular complexity index is 789. The van der Waals surface area contributed by atoms with Crippen molar-refractivity contribution >= 4 is 11.6 Å². The summed E-state index contributed by atoms with van der Waals surface area (Å²) in [5.41, 5.74) is 4.51. The summed E-state index contributed by atoms with van der Waals surface area (Å²) in [6.07, 6.45) is 4.65. The predicted octanol–water partition coefficient (Wildman–Crippen LogP) is 5.40. The fourth-order valence-corrected chi connectivity index (χ4v) is 4.80. The van der Waals surface area contributed by atoms with Gasteiger partial charge >= 0.3 is 0 Å². The maximum atomic E-state index is 13.0. The maximum Gasteiger partial charge on any atom is 0.285 e. The summed E-state index contributed by atoms with van der Waals surface area (Å²) >= 11 is 0. The van der Waals surface area contributed by atoms with E-state index in [-0.39, 0.29) is 44.2 Å². The van der Waals surface area contributed by atoms with Crippen molar-refractivity contribution in [1.82, 2.24) is 0 Å². The van der Waals surface area contributed by atoms with E-state index in [1.54, 1.807) is 0 Å². The van der Waals surface area contributed by atoms with Crippen molar-refractivity contribution < 1.29 is 42.0 Å². The molecule has 1 aliphatic carbocycles. The zero-order chi connectivity index (χ0) is 20.2. The Morgan fingerprint density at radius 3 is 1.90 bits per heavy atom. The van der Waals surface area contributed by atoms with Gasteiger partial charge in [0, 0.05) is 64.1 Å². The normalized spacial score (nSPS) is 18.1. The summed E-state index contributed by atoms with van der Waals surface area (Å²) in [7, 11) is 0. The standard InChI is InChI=1S/C18H26N2O.C7H8.Y/c1-4-20(12-5-6-13-20)18(10-11-18)17(21)19-16-14(2)8-7-9-15(16)3;1-7-5-3-2-4-6-7;/h7-9H,4-6,10-13H2,1-3H3;2-6H,1H3;/p+1. The van der Waals surface area contributed by atoms with Crippen molar-refractivity contribution in [3.05, 3.63) is 65.2 Å². The molecule has 1 saturated carbocycles. The fraction of sp³-hybridized carbons (Fsp3) is 0.480. The molecule has 4 heteroatoms. The first-order chi connectivity index (χ1) is 13.4. The molecule has 2 fully saturated rings. The molecule has 0 aromatic heterocycles. The number of para-hydroxylation sites is 1. The van der Waals surface area contributed by atoms with Gasteiger partial charge in [-0.25, -0.2) is 0 Å². The van der Waals surface area contributed by atoms with E-state index in [1.807, 2.05) is 24.3 Å². The Morgan fingerprint density at radius 2 is 1.48 bits per heavy atom. The third-order valence-corrected chi connectivity index (χ3v) is 6.74. The van der Waals surface area contributed by atoms with Crippen molar-refractivity contribution in [2.45, 2.75) is 58.9 Å². The molecule has 153 valence electrons. The number of rotatable bonds is 4. The number of amides is 1. The number of hydrogen-bond acceptors (Lipinski definition) is 1. The van der Waals surface area contributed by atoms with E-state index in [0.29, 0.717) is 0 Å². The fourth-order valence-electron chi connectivity index (χ4n) is 4.80. The molecule has 0 unspecified atom stereocenters. The zero-order valence-corrected chi connectivity index (χ0v) is 21.3. The summed E-state index contributed by atoms with van der Waals surface area (Å²) in [5, 5.41) is 3.26. The van der Waals surface area contributed by atoms with Crippen LogP contribution in [0.5, 0.6) is 0 Å². The van der Waals surface area contributed by atoms with E-state index in [1.165, 1.54) is 31.5 Å². The average molecular weight is 468 g/mol. The van der Waals surface area contributed by atoms with Gasteiger partial charge in [0.15, 0.2) is 5.54 Å². The minimum atomic E-state index is -0.139. The van der Waals surface area contributed by atoms with Gasteiger partial charge < -0.3 is 9.80 Å². The van der Waals surface area contributed by atoms with E-state index in [0.717, 1.165) is 40.7 Å². The van der Waals surface area contributed by atoms with Gasteiger partial charge in [0.25, 0.3) is 5.91 Å². The van der Waals surface area contributed by atoms with Crippen LogP contribution in [0.4, 0.5) is 5.69 Å². The van der Waals surface area contributed by atoms with Crippen molar-refractivity contribution in [2.24, 2.45) is 0 Å². The number of carbonyl (C=O) groups excluding carboxylic acids is 1. The first-order valence-electron chi connectivity index (χ1n) is 10.7. The van der Waals surface area contributed by atoms with Crippen LogP contribution in [-0.2, 0) is 37.5 Å². The molecule has 4 rings (SSSR count). The SMILES string of the molecule is CC[N+]1(C2(C(=O)Nc3c(C)cccc3C)CC2)CCCC1.Cc1ccccc1.[Y]. The molecule has 2 aromatic carbocycles. The van der Waals surface area contributed by atoms with Crippen LogP contribution in [0.1, 0.15) is 49.3 Å². The van der Waals surface area contributed by atoms with E-state index < -0.39 is 0 Å². The second-order valence-electron chi connectivity index (χ2n) is 8.52. The third-order valence-electron chi connectivity index (χ3n) is 6.74. The van der Waals surface area contributed by atoms with Crippen molar-refractivity contribution in [3.63, 3.8) is 0 Å². The molecule has 3 nitrogen and oxygen atoms in total. The van der Waals surface area contributed by atoms with Gasteiger partial charge in [-0.2, -0.15) is 0 Å². The first-order valence-corrected chi connectivity index (χ1v) is 10.7. The summed E-state index contributed by atoms with van der Waals surface area (Å²) < 4.78 is 1.02. The van der Waals surface area contributed by atoms with Crippen LogP contribution < -0.4 is 5.32 Å². The van der Waals surface area contributed by atoms with Crippen molar-refractivity contribution in [3.8, 4) is 0 Å². The van der Waals surface area contributed by atoms with Crippen LogP contribution in [-0.4, -0.2) is 35.6 Å². The molecule has 29 heavy (non-hydrogen) atoms. The maximum absolute atomic E-state index is 13.0. The van der Waals surface area contributed by atoms with E-state index in [2.05, 4.69) is 57.3 Å². The topological polar surface area (TPSA) is 29.1 Å². The zero-order valence-electron chi connectivity index (χ0n) is 18.5. The van der Waals surface area contributed by atoms with Crippen LogP contribution in [0.15, 0.2) is 48.5 Å². The number of quaternary nitrogens is 1. The molecule has 1 amide bonds.